The maximum atomic E-state index is 4.44. The topological polar surface area (TPSA) is 37.0 Å². The largest absolute Gasteiger partial charge is 0.383 e. The Labute approximate surface area is 115 Å². The van der Waals surface area contributed by atoms with Crippen molar-refractivity contribution in [3.63, 3.8) is 0 Å². The van der Waals surface area contributed by atoms with Crippen molar-refractivity contribution in [2.45, 2.75) is 0 Å². The van der Waals surface area contributed by atoms with Crippen LogP contribution in [0.25, 0.3) is 16.6 Å². The molecule has 2 rings (SSSR count). The summed E-state index contributed by atoms with van der Waals surface area (Å²) < 4.78 is 3.93. The Morgan fingerprint density at radius 1 is 1.37 bits per heavy atom. The van der Waals surface area contributed by atoms with Gasteiger partial charge in [-0.1, -0.05) is 0 Å². The third kappa shape index (κ3) is 2.99. The average Bonchev–Trinajstić information content (AvgIpc) is 2.69. The summed E-state index contributed by atoms with van der Waals surface area (Å²) in [5.74, 6) is 0. The van der Waals surface area contributed by atoms with Crippen LogP contribution in [0.1, 0.15) is 5.69 Å². The molecular formula is C13H19N5P+. The summed E-state index contributed by atoms with van der Waals surface area (Å²) in [7, 11) is 10.6. The number of fused-ring (bicyclic) bond motifs is 1. The number of allylic oxidation sites excluding steroid dienone is 1. The van der Waals surface area contributed by atoms with Crippen molar-refractivity contribution < 1.29 is 4.58 Å². The zero-order valence-corrected chi connectivity index (χ0v) is 12.9. The molecule has 0 aromatic carbocycles. The molecule has 0 saturated heterocycles. The van der Waals surface area contributed by atoms with Crippen LogP contribution in [0.2, 0.25) is 0 Å². The highest BCUT2D eigenvalue weighted by Crippen LogP contribution is 2.22. The molecule has 0 fully saturated rings. The Balaban J connectivity index is 2.66. The maximum absolute atomic E-state index is 4.44. The molecule has 0 radical (unpaired) electrons. The van der Waals surface area contributed by atoms with Crippen LogP contribution in [0.15, 0.2) is 24.8 Å². The Kier molecular flexibility index (Phi) is 3.96. The van der Waals surface area contributed by atoms with E-state index >= 15 is 0 Å². The highest BCUT2D eigenvalue weighted by Gasteiger charge is 2.12. The maximum Gasteiger partial charge on any atom is 0.173 e. The molecule has 19 heavy (non-hydrogen) atoms. The van der Waals surface area contributed by atoms with Crippen LogP contribution in [0, 0.1) is 0 Å². The van der Waals surface area contributed by atoms with Crippen LogP contribution in [0.5, 0.6) is 0 Å². The van der Waals surface area contributed by atoms with Crippen LogP contribution in [-0.2, 0) is 0 Å². The molecule has 0 aliphatic heterocycles. The molecule has 2 aromatic heterocycles. The molecule has 6 heteroatoms. The zero-order valence-electron chi connectivity index (χ0n) is 11.7. The van der Waals surface area contributed by atoms with Gasteiger partial charge in [-0.05, 0) is 15.5 Å². The van der Waals surface area contributed by atoms with Gasteiger partial charge in [-0.3, -0.25) is 0 Å². The minimum atomic E-state index is 0.909. The molecule has 0 aliphatic carbocycles. The summed E-state index contributed by atoms with van der Waals surface area (Å²) in [6, 6.07) is 2.03. The van der Waals surface area contributed by atoms with Crippen LogP contribution in [0.3, 0.4) is 0 Å². The molecule has 100 valence electrons. The van der Waals surface area contributed by atoms with Crippen LogP contribution >= 0.6 is 9.39 Å². The van der Waals surface area contributed by atoms with Crippen molar-refractivity contribution in [3.8, 4) is 0 Å². The summed E-state index contributed by atoms with van der Waals surface area (Å²) in [6.07, 6.45) is 7.69. The van der Waals surface area contributed by atoms with Gasteiger partial charge >= 0.3 is 0 Å². The third-order valence-corrected chi connectivity index (χ3v) is 2.99. The van der Waals surface area contributed by atoms with E-state index in [1.165, 1.54) is 0 Å². The lowest BCUT2D eigenvalue weighted by Gasteiger charge is -2.08. The lowest BCUT2D eigenvalue weighted by molar-refractivity contribution is -0.458. The van der Waals surface area contributed by atoms with E-state index in [4.69, 9.17) is 0 Å². The van der Waals surface area contributed by atoms with Gasteiger partial charge in [-0.15, -0.1) is 0 Å². The fourth-order valence-electron chi connectivity index (χ4n) is 1.91. The molecule has 0 saturated carbocycles. The highest BCUT2D eigenvalue weighted by atomic mass is 31.0. The molecular weight excluding hydrogens is 257 g/mol. The van der Waals surface area contributed by atoms with Gasteiger partial charge in [0.05, 0.1) is 11.3 Å². The van der Waals surface area contributed by atoms with Gasteiger partial charge < -0.3 is 9.24 Å². The molecule has 0 amide bonds. The summed E-state index contributed by atoms with van der Waals surface area (Å²) >= 11 is 0. The van der Waals surface area contributed by atoms with E-state index in [-0.39, 0.29) is 0 Å². The summed E-state index contributed by atoms with van der Waals surface area (Å²) in [4.78, 5) is 10.8. The molecule has 5 nitrogen and oxygen atoms in total. The Morgan fingerprint density at radius 2 is 2.11 bits per heavy atom. The molecule has 0 spiro atoms. The van der Waals surface area contributed by atoms with E-state index in [0.29, 0.717) is 0 Å². The molecule has 2 aromatic rings. The zero-order chi connectivity index (χ0) is 14.0. The van der Waals surface area contributed by atoms with Gasteiger partial charge in [-0.2, -0.15) is 0 Å². The quantitative estimate of drug-likeness (QED) is 0.482. The Bertz CT molecular complexity index is 650. The van der Waals surface area contributed by atoms with Gasteiger partial charge in [0.25, 0.3) is 0 Å². The molecule has 2 heterocycles. The standard InChI is InChI=1S/C13H19N5P/c1-16(2)7-10(8-17(3)4)12-11-5-6-18(19)13(11)15-9-14-12/h5-9H,19H2,1-4H3/q+1. The first-order valence-electron chi connectivity index (χ1n) is 5.96. The first-order chi connectivity index (χ1) is 8.99. The predicted octanol–water partition coefficient (Wildman–Crippen LogP) is 1.31. The van der Waals surface area contributed by atoms with Crippen molar-refractivity contribution in [2.75, 3.05) is 28.2 Å². The van der Waals surface area contributed by atoms with Crippen molar-refractivity contribution in [1.82, 2.24) is 19.2 Å². The fraction of sp³-hybridized carbons (Fsp3) is 0.308. The lowest BCUT2D eigenvalue weighted by Crippen LogP contribution is -2.08. The van der Waals surface area contributed by atoms with Crippen molar-refractivity contribution in [2.24, 2.45) is 0 Å². The van der Waals surface area contributed by atoms with E-state index in [9.17, 15) is 0 Å². The minimum Gasteiger partial charge on any atom is -0.383 e. The van der Waals surface area contributed by atoms with Crippen molar-refractivity contribution >= 4 is 32.2 Å². The molecule has 1 atom stereocenters. The Hall–Kier alpha value is -1.74. The second-order valence-corrected chi connectivity index (χ2v) is 5.38. The first-order valence-corrected chi connectivity index (χ1v) is 6.47. The molecule has 0 bridgehead atoms. The number of nitrogens with zero attached hydrogens (tertiary/aromatic N) is 5. The highest BCUT2D eigenvalue weighted by molar-refractivity contribution is 7.14. The number of hydrogen-bond donors (Lipinski definition) is 0. The fourth-order valence-corrected chi connectivity index (χ4v) is 2.20. The number of hydrogen-bond acceptors (Lipinski definition) is 3. The molecule has 0 aliphatic rings. The van der Waals surface area contributed by atoms with Crippen LogP contribution in [0.4, 0.5) is 0 Å². The predicted molar refractivity (Wildman–Crippen MR) is 82.5 cm³/mol. The van der Waals surface area contributed by atoms with Gasteiger partial charge in [0.2, 0.25) is 0 Å². The average molecular weight is 276 g/mol. The van der Waals surface area contributed by atoms with Crippen molar-refractivity contribution in [1.29, 1.82) is 0 Å². The molecule has 1 unspecified atom stereocenters. The second kappa shape index (κ2) is 5.49. The van der Waals surface area contributed by atoms with E-state index in [2.05, 4.69) is 31.8 Å². The smallest absolute Gasteiger partial charge is 0.173 e. The summed E-state index contributed by atoms with van der Waals surface area (Å²) in [5.41, 5.74) is 2.90. The first kappa shape index (κ1) is 13.7. The second-order valence-electron chi connectivity index (χ2n) is 4.82. The van der Waals surface area contributed by atoms with Crippen molar-refractivity contribution in [3.05, 3.63) is 30.5 Å². The number of aromatic nitrogens is 3. The minimum absolute atomic E-state index is 0.909. The molecule has 0 N–H and O–H groups in total. The van der Waals surface area contributed by atoms with E-state index in [1.54, 1.807) is 6.33 Å². The van der Waals surface area contributed by atoms with E-state index < -0.39 is 0 Å². The lowest BCUT2D eigenvalue weighted by atomic mass is 10.1. The summed E-state index contributed by atoms with van der Waals surface area (Å²) in [5, 5.41) is 1.05. The van der Waals surface area contributed by atoms with Gasteiger partial charge in [-0.25, -0.2) is 14.5 Å². The summed E-state index contributed by atoms with van der Waals surface area (Å²) in [6.45, 7) is 0. The van der Waals surface area contributed by atoms with E-state index in [1.807, 2.05) is 54.3 Å². The Morgan fingerprint density at radius 3 is 2.74 bits per heavy atom. The number of rotatable bonds is 3. The van der Waals surface area contributed by atoms with Gasteiger partial charge in [0, 0.05) is 31.9 Å². The van der Waals surface area contributed by atoms with Crippen LogP contribution in [-0.4, -0.2) is 58.2 Å². The monoisotopic (exact) mass is 276 g/mol. The van der Waals surface area contributed by atoms with E-state index in [0.717, 1.165) is 22.3 Å². The van der Waals surface area contributed by atoms with Crippen LogP contribution < -0.4 is 0 Å². The normalized spacial score (nSPS) is 11.7. The third-order valence-electron chi connectivity index (χ3n) is 2.58. The SMILES string of the molecule is CN(C)C=C(C=[N+](C)C)c1ncnc2c1ccn2P. The van der Waals surface area contributed by atoms with Gasteiger partial charge in [0.1, 0.15) is 26.1 Å². The van der Waals surface area contributed by atoms with Gasteiger partial charge in [0.15, 0.2) is 6.21 Å².